The fraction of sp³-hybridized carbons (Fsp3) is 0.167. The molecule has 0 saturated carbocycles. The van der Waals surface area contributed by atoms with Crippen LogP contribution in [0, 0.1) is 0 Å². The largest absolute Gasteiger partial charge is 0.497 e. The van der Waals surface area contributed by atoms with Gasteiger partial charge in [-0.15, -0.1) is 0 Å². The van der Waals surface area contributed by atoms with Gasteiger partial charge in [0.2, 0.25) is 0 Å². The van der Waals surface area contributed by atoms with Crippen molar-refractivity contribution in [3.8, 4) is 5.75 Å². The molecule has 2 heterocycles. The maximum atomic E-state index is 6.36. The molecule has 5 nitrogen and oxygen atoms in total. The van der Waals surface area contributed by atoms with E-state index in [0.29, 0.717) is 5.02 Å². The second kappa shape index (κ2) is 7.50. The minimum Gasteiger partial charge on any atom is -0.497 e. The third kappa shape index (κ3) is 3.12. The lowest BCUT2D eigenvalue weighted by Crippen LogP contribution is -2.34. The summed E-state index contributed by atoms with van der Waals surface area (Å²) >= 11 is 6.36. The van der Waals surface area contributed by atoms with Gasteiger partial charge in [0.05, 0.1) is 18.5 Å². The molecule has 6 heteroatoms. The summed E-state index contributed by atoms with van der Waals surface area (Å²) < 4.78 is 5.29. The number of hydrogen-bond donors (Lipinski definition) is 0. The highest BCUT2D eigenvalue weighted by Crippen LogP contribution is 2.38. The van der Waals surface area contributed by atoms with E-state index in [-0.39, 0.29) is 12.1 Å². The number of nitrogens with zero attached hydrogens (tertiary/aromatic N) is 3. The number of oxime groups is 1. The predicted molar refractivity (Wildman–Crippen MR) is 120 cm³/mol. The van der Waals surface area contributed by atoms with E-state index < -0.39 is 0 Å². The van der Waals surface area contributed by atoms with Gasteiger partial charge in [0.25, 0.3) is 0 Å². The lowest BCUT2D eigenvalue weighted by atomic mass is 9.99. The van der Waals surface area contributed by atoms with E-state index in [9.17, 15) is 0 Å². The Bertz CT molecular complexity index is 1140. The Morgan fingerprint density at radius 1 is 1.00 bits per heavy atom. The Hall–Kier alpha value is -3.31. The quantitative estimate of drug-likeness (QED) is 0.596. The first-order valence-corrected chi connectivity index (χ1v) is 10.1. The number of halogens is 1. The van der Waals surface area contributed by atoms with Crippen LogP contribution in [0.5, 0.6) is 5.75 Å². The molecule has 2 aliphatic rings. The molecule has 0 radical (unpaired) electrons. The number of fused-ring (bicyclic) bond motifs is 2. The SMILES string of the molecule is COc1ccc(C2ON=C3C2N=C(c2ccccc2)c2cc(Cl)ccc2N3C)cc1. The van der Waals surface area contributed by atoms with Crippen LogP contribution < -0.4 is 9.64 Å². The minimum atomic E-state index is -0.322. The summed E-state index contributed by atoms with van der Waals surface area (Å²) in [6, 6.07) is 23.5. The summed E-state index contributed by atoms with van der Waals surface area (Å²) in [4.78, 5) is 13.1. The number of amidine groups is 1. The van der Waals surface area contributed by atoms with Crippen LogP contribution in [-0.4, -0.2) is 31.7 Å². The summed E-state index contributed by atoms with van der Waals surface area (Å²) in [5.41, 5.74) is 4.85. The first-order chi connectivity index (χ1) is 14.7. The van der Waals surface area contributed by atoms with E-state index in [1.165, 1.54) is 0 Å². The van der Waals surface area contributed by atoms with E-state index in [0.717, 1.165) is 39.7 Å². The zero-order chi connectivity index (χ0) is 20.7. The van der Waals surface area contributed by atoms with Crippen LogP contribution in [0.25, 0.3) is 0 Å². The van der Waals surface area contributed by atoms with Gasteiger partial charge in [0.15, 0.2) is 18.0 Å². The van der Waals surface area contributed by atoms with Gasteiger partial charge in [-0.1, -0.05) is 59.2 Å². The van der Waals surface area contributed by atoms with Gasteiger partial charge in [-0.2, -0.15) is 0 Å². The Kier molecular flexibility index (Phi) is 4.68. The maximum absolute atomic E-state index is 6.36. The molecule has 0 saturated heterocycles. The van der Waals surface area contributed by atoms with Gasteiger partial charge in [-0.25, -0.2) is 0 Å². The molecule has 30 heavy (non-hydrogen) atoms. The first kappa shape index (κ1) is 18.7. The summed E-state index contributed by atoms with van der Waals surface area (Å²) in [5, 5.41) is 5.09. The van der Waals surface area contributed by atoms with Crippen molar-refractivity contribution in [3.63, 3.8) is 0 Å². The van der Waals surface area contributed by atoms with E-state index >= 15 is 0 Å². The monoisotopic (exact) mass is 417 g/mol. The van der Waals surface area contributed by atoms with Crippen molar-refractivity contribution in [1.82, 2.24) is 0 Å². The smallest absolute Gasteiger partial charge is 0.182 e. The third-order valence-corrected chi connectivity index (χ3v) is 5.72. The van der Waals surface area contributed by atoms with E-state index in [4.69, 9.17) is 26.2 Å². The first-order valence-electron chi connectivity index (χ1n) is 9.70. The number of hydrogen-bond acceptors (Lipinski definition) is 5. The van der Waals surface area contributed by atoms with Crippen LogP contribution in [0.3, 0.4) is 0 Å². The fourth-order valence-corrected chi connectivity index (χ4v) is 4.10. The van der Waals surface area contributed by atoms with Gasteiger partial charge in [-0.3, -0.25) is 4.99 Å². The molecule has 0 aliphatic carbocycles. The Morgan fingerprint density at radius 3 is 2.50 bits per heavy atom. The molecule has 150 valence electrons. The molecular formula is C24H20ClN3O2. The topological polar surface area (TPSA) is 46.4 Å². The summed E-state index contributed by atoms with van der Waals surface area (Å²) in [6.45, 7) is 0. The van der Waals surface area contributed by atoms with Gasteiger partial charge >= 0.3 is 0 Å². The number of rotatable bonds is 3. The highest BCUT2D eigenvalue weighted by Gasteiger charge is 2.40. The molecule has 2 unspecified atom stereocenters. The Labute approximate surface area is 180 Å². The third-order valence-electron chi connectivity index (χ3n) is 5.49. The average molecular weight is 418 g/mol. The van der Waals surface area contributed by atoms with Crippen molar-refractivity contribution >= 4 is 28.8 Å². The van der Waals surface area contributed by atoms with Crippen molar-refractivity contribution in [2.45, 2.75) is 12.1 Å². The van der Waals surface area contributed by atoms with Crippen LogP contribution in [-0.2, 0) is 4.84 Å². The van der Waals surface area contributed by atoms with Crippen LogP contribution in [0.2, 0.25) is 5.02 Å². The predicted octanol–water partition coefficient (Wildman–Crippen LogP) is 5.09. The van der Waals surface area contributed by atoms with Gasteiger partial charge in [0, 0.05) is 23.2 Å². The Balaban J connectivity index is 1.66. The van der Waals surface area contributed by atoms with E-state index in [1.54, 1.807) is 7.11 Å². The normalized spacial score (nSPS) is 19.8. The molecule has 0 spiro atoms. The van der Waals surface area contributed by atoms with Crippen molar-refractivity contribution in [1.29, 1.82) is 0 Å². The van der Waals surface area contributed by atoms with Gasteiger partial charge in [-0.05, 0) is 35.9 Å². The van der Waals surface area contributed by atoms with Crippen molar-refractivity contribution in [2.75, 3.05) is 19.1 Å². The van der Waals surface area contributed by atoms with Gasteiger partial charge < -0.3 is 14.5 Å². The molecule has 0 amide bonds. The molecule has 2 aliphatic heterocycles. The lowest BCUT2D eigenvalue weighted by Gasteiger charge is -2.21. The van der Waals surface area contributed by atoms with Gasteiger partial charge in [0.1, 0.15) is 5.75 Å². The van der Waals surface area contributed by atoms with Crippen LogP contribution in [0.4, 0.5) is 5.69 Å². The summed E-state index contributed by atoms with van der Waals surface area (Å²) in [5.74, 6) is 1.57. The van der Waals surface area contributed by atoms with E-state index in [2.05, 4.69) is 17.3 Å². The molecule has 3 aromatic rings. The highest BCUT2D eigenvalue weighted by molar-refractivity contribution is 6.32. The second-order valence-corrected chi connectivity index (χ2v) is 7.69. The number of methoxy groups -OCH3 is 1. The molecule has 0 bridgehead atoms. The molecule has 0 N–H and O–H groups in total. The molecule has 0 fully saturated rings. The molecular weight excluding hydrogens is 398 g/mol. The highest BCUT2D eigenvalue weighted by atomic mass is 35.5. The lowest BCUT2D eigenvalue weighted by molar-refractivity contribution is 0.0777. The number of aliphatic imine (C=N–C) groups is 1. The zero-order valence-corrected chi connectivity index (χ0v) is 17.4. The fourth-order valence-electron chi connectivity index (χ4n) is 3.93. The number of likely N-dealkylation sites (N-methyl/N-ethyl adjacent to an activating group) is 1. The molecule has 2 atom stereocenters. The molecule has 3 aromatic carbocycles. The van der Waals surface area contributed by atoms with Crippen molar-refractivity contribution in [3.05, 3.63) is 94.5 Å². The summed E-state index contributed by atoms with van der Waals surface area (Å²) in [7, 11) is 3.64. The second-order valence-electron chi connectivity index (χ2n) is 7.26. The maximum Gasteiger partial charge on any atom is 0.182 e. The average Bonchev–Trinajstić information content (AvgIpc) is 3.16. The number of anilines is 1. The van der Waals surface area contributed by atoms with Crippen molar-refractivity contribution < 1.29 is 9.57 Å². The van der Waals surface area contributed by atoms with Crippen LogP contribution in [0.15, 0.2) is 82.9 Å². The van der Waals surface area contributed by atoms with E-state index in [1.807, 2.05) is 72.6 Å². The number of benzene rings is 3. The van der Waals surface area contributed by atoms with Crippen LogP contribution in [0.1, 0.15) is 22.8 Å². The zero-order valence-electron chi connectivity index (χ0n) is 16.6. The summed E-state index contributed by atoms with van der Waals surface area (Å²) in [6.07, 6.45) is -0.322. The van der Waals surface area contributed by atoms with Crippen LogP contribution >= 0.6 is 11.6 Å². The number of ether oxygens (including phenoxy) is 1. The van der Waals surface area contributed by atoms with Crippen molar-refractivity contribution in [2.24, 2.45) is 10.1 Å². The molecule has 0 aromatic heterocycles. The Morgan fingerprint density at radius 2 is 1.77 bits per heavy atom. The molecule has 5 rings (SSSR count). The standard InChI is InChI=1S/C24H20ClN3O2/c1-28-20-13-10-17(25)14-19(20)21(15-6-4-3-5-7-15)26-22-23(30-27-24(22)28)16-8-11-18(29-2)12-9-16/h3-14,22-23H,1-2H3. The minimum absolute atomic E-state index is 0.287.